The highest BCUT2D eigenvalue weighted by Gasteiger charge is 2.15. The normalized spacial score (nSPS) is 17.6. The van der Waals surface area contributed by atoms with Crippen molar-refractivity contribution in [3.8, 4) is 5.69 Å². The first-order valence-corrected chi connectivity index (χ1v) is 9.15. The summed E-state index contributed by atoms with van der Waals surface area (Å²) >= 11 is 1.39. The Balaban J connectivity index is 1.50. The number of carbonyl (C=O) groups is 1. The second kappa shape index (κ2) is 8.30. The van der Waals surface area contributed by atoms with Gasteiger partial charge in [-0.05, 0) is 37.8 Å². The Morgan fingerprint density at radius 3 is 3.00 bits per heavy atom. The van der Waals surface area contributed by atoms with E-state index >= 15 is 0 Å². The quantitative estimate of drug-likeness (QED) is 0.812. The predicted molar refractivity (Wildman–Crippen MR) is 93.4 cm³/mol. The second-order valence-corrected chi connectivity index (χ2v) is 6.94. The van der Waals surface area contributed by atoms with Gasteiger partial charge in [0.25, 0.3) is 0 Å². The third kappa shape index (κ3) is 4.58. The van der Waals surface area contributed by atoms with Gasteiger partial charge in [0.15, 0.2) is 5.16 Å². The van der Waals surface area contributed by atoms with E-state index in [1.54, 1.807) is 6.33 Å². The molecule has 2 aromatic rings. The Hall–Kier alpha value is -1.86. The summed E-state index contributed by atoms with van der Waals surface area (Å²) in [6, 6.07) is 8.13. The number of aryl methyl sites for hydroxylation is 1. The zero-order chi connectivity index (χ0) is 16.8. The highest BCUT2D eigenvalue weighted by atomic mass is 32.2. The van der Waals surface area contributed by atoms with Gasteiger partial charge in [0.2, 0.25) is 5.91 Å². The van der Waals surface area contributed by atoms with E-state index < -0.39 is 0 Å². The lowest BCUT2D eigenvalue weighted by Crippen LogP contribution is -2.34. The SMILES string of the molecule is Cc1ccc(-n2cnnc2SCC(=O)NC[C@@H]2CCCOC2)cc1. The lowest BCUT2D eigenvalue weighted by molar-refractivity contribution is -0.118. The molecule has 0 saturated carbocycles. The van der Waals surface area contributed by atoms with Crippen LogP contribution in [0.3, 0.4) is 0 Å². The van der Waals surface area contributed by atoms with Crippen molar-refractivity contribution >= 4 is 17.7 Å². The molecule has 1 amide bonds. The van der Waals surface area contributed by atoms with Crippen LogP contribution in [0.1, 0.15) is 18.4 Å². The van der Waals surface area contributed by atoms with Crippen molar-refractivity contribution in [1.29, 1.82) is 0 Å². The van der Waals surface area contributed by atoms with Crippen LogP contribution >= 0.6 is 11.8 Å². The first-order valence-electron chi connectivity index (χ1n) is 8.16. The topological polar surface area (TPSA) is 69.0 Å². The minimum absolute atomic E-state index is 0.0176. The number of aromatic nitrogens is 3. The van der Waals surface area contributed by atoms with Crippen LogP contribution < -0.4 is 5.32 Å². The summed E-state index contributed by atoms with van der Waals surface area (Å²) in [5.74, 6) is 0.783. The molecule has 1 aromatic heterocycles. The van der Waals surface area contributed by atoms with E-state index in [-0.39, 0.29) is 5.91 Å². The monoisotopic (exact) mass is 346 g/mol. The van der Waals surface area contributed by atoms with Gasteiger partial charge in [0.05, 0.1) is 12.4 Å². The number of benzene rings is 1. The lowest BCUT2D eigenvalue weighted by Gasteiger charge is -2.22. The number of thioether (sulfide) groups is 1. The molecule has 1 atom stereocenters. The van der Waals surface area contributed by atoms with Crippen LogP contribution in [0.25, 0.3) is 5.69 Å². The highest BCUT2D eigenvalue weighted by molar-refractivity contribution is 7.99. The maximum Gasteiger partial charge on any atom is 0.230 e. The molecule has 24 heavy (non-hydrogen) atoms. The number of rotatable bonds is 6. The Morgan fingerprint density at radius 1 is 1.42 bits per heavy atom. The van der Waals surface area contributed by atoms with E-state index in [1.807, 2.05) is 35.8 Å². The summed E-state index contributed by atoms with van der Waals surface area (Å²) in [4.78, 5) is 12.0. The van der Waals surface area contributed by atoms with E-state index in [4.69, 9.17) is 4.74 Å². The summed E-state index contributed by atoms with van der Waals surface area (Å²) in [5.41, 5.74) is 2.19. The van der Waals surface area contributed by atoms with Crippen LogP contribution in [-0.2, 0) is 9.53 Å². The summed E-state index contributed by atoms with van der Waals surface area (Å²) < 4.78 is 7.32. The van der Waals surface area contributed by atoms with Gasteiger partial charge in [-0.3, -0.25) is 9.36 Å². The van der Waals surface area contributed by atoms with E-state index in [1.165, 1.54) is 17.3 Å². The minimum atomic E-state index is 0.0176. The summed E-state index contributed by atoms with van der Waals surface area (Å²) in [5, 5.41) is 11.8. The molecule has 1 saturated heterocycles. The maximum atomic E-state index is 12.0. The van der Waals surface area contributed by atoms with Gasteiger partial charge in [-0.15, -0.1) is 10.2 Å². The third-order valence-electron chi connectivity index (χ3n) is 4.00. The largest absolute Gasteiger partial charge is 0.381 e. The molecule has 3 rings (SSSR count). The molecule has 0 unspecified atom stereocenters. The fraction of sp³-hybridized carbons (Fsp3) is 0.471. The molecule has 6 nitrogen and oxygen atoms in total. The first kappa shape index (κ1) is 17.0. The maximum absolute atomic E-state index is 12.0. The van der Waals surface area contributed by atoms with Gasteiger partial charge in [-0.2, -0.15) is 0 Å². The molecule has 128 valence electrons. The summed E-state index contributed by atoms with van der Waals surface area (Å²) in [6.07, 6.45) is 3.87. The van der Waals surface area contributed by atoms with E-state index in [9.17, 15) is 4.79 Å². The molecule has 1 aromatic carbocycles. The first-order chi connectivity index (χ1) is 11.7. The average molecular weight is 346 g/mol. The molecule has 1 N–H and O–H groups in total. The number of carbonyl (C=O) groups excluding carboxylic acids is 1. The van der Waals surface area contributed by atoms with Gasteiger partial charge >= 0.3 is 0 Å². The smallest absolute Gasteiger partial charge is 0.230 e. The molecule has 0 radical (unpaired) electrons. The number of ether oxygens (including phenoxy) is 1. The molecule has 1 fully saturated rings. The highest BCUT2D eigenvalue weighted by Crippen LogP contribution is 2.19. The minimum Gasteiger partial charge on any atom is -0.381 e. The van der Waals surface area contributed by atoms with Crippen LogP contribution in [0.15, 0.2) is 35.7 Å². The van der Waals surface area contributed by atoms with Crippen molar-refractivity contribution in [3.05, 3.63) is 36.2 Å². The predicted octanol–water partition coefficient (Wildman–Crippen LogP) is 2.21. The number of nitrogens with zero attached hydrogens (tertiary/aromatic N) is 3. The van der Waals surface area contributed by atoms with Crippen molar-refractivity contribution < 1.29 is 9.53 Å². The van der Waals surface area contributed by atoms with Crippen molar-refractivity contribution in [2.45, 2.75) is 24.9 Å². The summed E-state index contributed by atoms with van der Waals surface area (Å²) in [6.45, 7) is 4.32. The van der Waals surface area contributed by atoms with Crippen LogP contribution in [0.4, 0.5) is 0 Å². The molecule has 7 heteroatoms. The number of hydrogen-bond acceptors (Lipinski definition) is 5. The van der Waals surface area contributed by atoms with Gasteiger partial charge in [0, 0.05) is 18.8 Å². The zero-order valence-corrected chi connectivity index (χ0v) is 14.6. The van der Waals surface area contributed by atoms with Crippen molar-refractivity contribution in [3.63, 3.8) is 0 Å². The van der Waals surface area contributed by atoms with E-state index in [0.29, 0.717) is 18.2 Å². The lowest BCUT2D eigenvalue weighted by atomic mass is 10.0. The molecule has 2 heterocycles. The zero-order valence-electron chi connectivity index (χ0n) is 13.8. The molecular weight excluding hydrogens is 324 g/mol. The van der Waals surface area contributed by atoms with Crippen LogP contribution in [-0.4, -0.2) is 46.2 Å². The van der Waals surface area contributed by atoms with Gasteiger partial charge in [0.1, 0.15) is 6.33 Å². The van der Waals surface area contributed by atoms with E-state index in [2.05, 4.69) is 15.5 Å². The van der Waals surface area contributed by atoms with E-state index in [0.717, 1.165) is 36.9 Å². The third-order valence-corrected chi connectivity index (χ3v) is 4.95. The Morgan fingerprint density at radius 2 is 2.25 bits per heavy atom. The number of hydrogen-bond donors (Lipinski definition) is 1. The fourth-order valence-corrected chi connectivity index (χ4v) is 3.37. The Labute approximate surface area is 146 Å². The molecular formula is C17H22N4O2S. The number of amides is 1. The Bertz CT molecular complexity index is 665. The van der Waals surface area contributed by atoms with Gasteiger partial charge in [-0.1, -0.05) is 29.5 Å². The summed E-state index contributed by atoms with van der Waals surface area (Å²) in [7, 11) is 0. The van der Waals surface area contributed by atoms with Crippen molar-refractivity contribution in [2.75, 3.05) is 25.5 Å². The number of nitrogens with one attached hydrogen (secondary N) is 1. The molecule has 0 aliphatic carbocycles. The standard InChI is InChI=1S/C17H22N4O2S/c1-13-4-6-15(7-5-13)21-12-19-20-17(21)24-11-16(22)18-9-14-3-2-8-23-10-14/h4-7,12,14H,2-3,8-11H2,1H3,(H,18,22)/t14-/m0/s1. The van der Waals surface area contributed by atoms with Crippen LogP contribution in [0.2, 0.25) is 0 Å². The van der Waals surface area contributed by atoms with Crippen LogP contribution in [0.5, 0.6) is 0 Å². The van der Waals surface area contributed by atoms with Gasteiger partial charge < -0.3 is 10.1 Å². The van der Waals surface area contributed by atoms with Crippen molar-refractivity contribution in [1.82, 2.24) is 20.1 Å². The molecule has 0 spiro atoms. The molecule has 0 bridgehead atoms. The van der Waals surface area contributed by atoms with Crippen molar-refractivity contribution in [2.24, 2.45) is 5.92 Å². The van der Waals surface area contributed by atoms with Crippen LogP contribution in [0, 0.1) is 12.8 Å². The molecule has 1 aliphatic rings. The second-order valence-electron chi connectivity index (χ2n) is 5.99. The van der Waals surface area contributed by atoms with Gasteiger partial charge in [-0.25, -0.2) is 0 Å². The average Bonchev–Trinajstić information content (AvgIpc) is 3.08. The fourth-order valence-electron chi connectivity index (χ4n) is 2.61. The Kier molecular flexibility index (Phi) is 5.87. The molecule has 1 aliphatic heterocycles.